The van der Waals surface area contributed by atoms with Gasteiger partial charge >= 0.3 is 0 Å². The van der Waals surface area contributed by atoms with Gasteiger partial charge in [0, 0.05) is 24.3 Å². The standard InChI is InChI=1S/C19H28N4O2.2ClH/c24-18(14-20-13-15-3-4-15)22-17-7-5-16(6-8-17)19(25)21-9-12-23-10-1-2-11-23;;/h5-8,15,20H,1-4,9-14H2,(H,21,25)(H,22,24);2*1H. The Morgan fingerprint density at radius 2 is 1.70 bits per heavy atom. The van der Waals surface area contributed by atoms with Gasteiger partial charge in [0.25, 0.3) is 5.91 Å². The van der Waals surface area contributed by atoms with E-state index in [0.29, 0.717) is 24.3 Å². The molecule has 152 valence electrons. The molecule has 0 atom stereocenters. The van der Waals surface area contributed by atoms with Gasteiger partial charge in [0.15, 0.2) is 0 Å². The fraction of sp³-hybridized carbons (Fsp3) is 0.579. The Kier molecular flexibility index (Phi) is 10.7. The van der Waals surface area contributed by atoms with Crippen LogP contribution in [0.5, 0.6) is 0 Å². The summed E-state index contributed by atoms with van der Waals surface area (Å²) in [6, 6.07) is 7.04. The van der Waals surface area contributed by atoms with Crippen LogP contribution in [0, 0.1) is 5.92 Å². The molecule has 1 aliphatic heterocycles. The molecule has 0 radical (unpaired) electrons. The third-order valence-electron chi connectivity index (χ3n) is 4.76. The van der Waals surface area contributed by atoms with Crippen LogP contribution in [0.3, 0.4) is 0 Å². The van der Waals surface area contributed by atoms with E-state index in [2.05, 4.69) is 20.9 Å². The monoisotopic (exact) mass is 416 g/mol. The minimum Gasteiger partial charge on any atom is -0.351 e. The maximum atomic E-state index is 12.1. The van der Waals surface area contributed by atoms with E-state index in [0.717, 1.165) is 32.1 Å². The van der Waals surface area contributed by atoms with Gasteiger partial charge in [0.05, 0.1) is 6.54 Å². The van der Waals surface area contributed by atoms with E-state index >= 15 is 0 Å². The average molecular weight is 417 g/mol. The number of anilines is 1. The number of carbonyl (C=O) groups is 2. The van der Waals surface area contributed by atoms with Crippen molar-refractivity contribution < 1.29 is 9.59 Å². The van der Waals surface area contributed by atoms with Crippen molar-refractivity contribution in [2.45, 2.75) is 25.7 Å². The molecule has 8 heteroatoms. The molecule has 2 amide bonds. The summed E-state index contributed by atoms with van der Waals surface area (Å²) in [4.78, 5) is 26.4. The Labute approximate surface area is 173 Å². The molecule has 1 saturated heterocycles. The van der Waals surface area contributed by atoms with Gasteiger partial charge in [0.1, 0.15) is 0 Å². The Bertz CT molecular complexity index is 588. The highest BCUT2D eigenvalue weighted by molar-refractivity contribution is 5.96. The highest BCUT2D eigenvalue weighted by atomic mass is 35.5. The van der Waals surface area contributed by atoms with Crippen molar-refractivity contribution in [1.82, 2.24) is 15.5 Å². The fourth-order valence-corrected chi connectivity index (χ4v) is 3.06. The number of likely N-dealkylation sites (tertiary alicyclic amines) is 1. The lowest BCUT2D eigenvalue weighted by molar-refractivity contribution is -0.115. The minimum absolute atomic E-state index is 0. The fourth-order valence-electron chi connectivity index (χ4n) is 3.06. The van der Waals surface area contributed by atoms with Crippen LogP contribution < -0.4 is 16.0 Å². The molecule has 2 aliphatic rings. The first-order chi connectivity index (χ1) is 12.2. The molecule has 2 fully saturated rings. The van der Waals surface area contributed by atoms with Gasteiger partial charge in [-0.3, -0.25) is 9.59 Å². The molecule has 0 spiro atoms. The lowest BCUT2D eigenvalue weighted by atomic mass is 10.2. The lowest BCUT2D eigenvalue weighted by Gasteiger charge is -2.14. The van der Waals surface area contributed by atoms with Crippen molar-refractivity contribution >= 4 is 42.3 Å². The highest BCUT2D eigenvalue weighted by Gasteiger charge is 2.20. The van der Waals surface area contributed by atoms with Crippen molar-refractivity contribution in [3.05, 3.63) is 29.8 Å². The Hall–Kier alpha value is -1.34. The summed E-state index contributed by atoms with van der Waals surface area (Å²) < 4.78 is 0. The van der Waals surface area contributed by atoms with Crippen molar-refractivity contribution in [3.8, 4) is 0 Å². The SMILES string of the molecule is Cl.Cl.O=C(CNCC1CC1)Nc1ccc(C(=O)NCCN2CCCC2)cc1. The quantitative estimate of drug-likeness (QED) is 0.577. The van der Waals surface area contributed by atoms with E-state index in [-0.39, 0.29) is 36.6 Å². The van der Waals surface area contributed by atoms with Crippen molar-refractivity contribution in [1.29, 1.82) is 0 Å². The first-order valence-electron chi connectivity index (χ1n) is 9.32. The molecule has 0 aromatic heterocycles. The second-order valence-corrected chi connectivity index (χ2v) is 7.00. The molecule has 1 aliphatic carbocycles. The van der Waals surface area contributed by atoms with Crippen molar-refractivity contribution in [2.75, 3.05) is 44.6 Å². The maximum Gasteiger partial charge on any atom is 0.251 e. The maximum absolute atomic E-state index is 12.1. The first-order valence-corrected chi connectivity index (χ1v) is 9.32. The first kappa shape index (κ1) is 23.7. The minimum atomic E-state index is -0.0665. The van der Waals surface area contributed by atoms with Gasteiger partial charge in [-0.25, -0.2) is 0 Å². The van der Waals surface area contributed by atoms with Crippen LogP contribution in [0.1, 0.15) is 36.0 Å². The van der Waals surface area contributed by atoms with Crippen LogP contribution in [-0.4, -0.2) is 56.0 Å². The molecule has 27 heavy (non-hydrogen) atoms. The number of hydrogen-bond donors (Lipinski definition) is 3. The summed E-state index contributed by atoms with van der Waals surface area (Å²) in [6.45, 7) is 5.11. The molecule has 3 rings (SSSR count). The van der Waals surface area contributed by atoms with E-state index in [9.17, 15) is 9.59 Å². The zero-order valence-corrected chi connectivity index (χ0v) is 17.2. The number of hydrogen-bond acceptors (Lipinski definition) is 4. The molecule has 1 aromatic rings. The predicted molar refractivity (Wildman–Crippen MR) is 113 cm³/mol. The van der Waals surface area contributed by atoms with Crippen LogP contribution >= 0.6 is 24.8 Å². The highest BCUT2D eigenvalue weighted by Crippen LogP contribution is 2.27. The third-order valence-corrected chi connectivity index (χ3v) is 4.76. The molecule has 1 aromatic carbocycles. The number of nitrogens with zero attached hydrogens (tertiary/aromatic N) is 1. The molecular weight excluding hydrogens is 387 g/mol. The van der Waals surface area contributed by atoms with Gasteiger partial charge in [-0.1, -0.05) is 0 Å². The van der Waals surface area contributed by atoms with Crippen LogP contribution in [0.15, 0.2) is 24.3 Å². The topological polar surface area (TPSA) is 73.5 Å². The van der Waals surface area contributed by atoms with Crippen molar-refractivity contribution in [2.24, 2.45) is 5.92 Å². The smallest absolute Gasteiger partial charge is 0.251 e. The second kappa shape index (κ2) is 12.2. The molecule has 1 saturated carbocycles. The van der Waals surface area contributed by atoms with Crippen LogP contribution in [0.4, 0.5) is 5.69 Å². The Morgan fingerprint density at radius 1 is 1.04 bits per heavy atom. The number of benzene rings is 1. The van der Waals surface area contributed by atoms with Crippen LogP contribution in [-0.2, 0) is 4.79 Å². The Balaban J connectivity index is 0.00000182. The number of halogens is 2. The zero-order valence-electron chi connectivity index (χ0n) is 15.5. The summed E-state index contributed by atoms with van der Waals surface area (Å²) in [5.41, 5.74) is 1.33. The number of amides is 2. The normalized spacial score (nSPS) is 16.1. The van der Waals surface area contributed by atoms with E-state index in [1.54, 1.807) is 24.3 Å². The van der Waals surface area contributed by atoms with E-state index in [1.165, 1.54) is 25.7 Å². The summed E-state index contributed by atoms with van der Waals surface area (Å²) in [5, 5.41) is 8.96. The van der Waals surface area contributed by atoms with Gasteiger partial charge < -0.3 is 20.9 Å². The summed E-state index contributed by atoms with van der Waals surface area (Å²) in [6.07, 6.45) is 5.07. The molecular formula is C19H30Cl2N4O2. The average Bonchev–Trinajstić information content (AvgIpc) is 3.28. The molecule has 0 bridgehead atoms. The molecule has 6 nitrogen and oxygen atoms in total. The molecule has 1 heterocycles. The van der Waals surface area contributed by atoms with Gasteiger partial charge in [-0.15, -0.1) is 24.8 Å². The molecule has 3 N–H and O–H groups in total. The van der Waals surface area contributed by atoms with E-state index in [4.69, 9.17) is 0 Å². The summed E-state index contributed by atoms with van der Waals surface area (Å²) >= 11 is 0. The van der Waals surface area contributed by atoms with E-state index < -0.39 is 0 Å². The zero-order chi connectivity index (χ0) is 17.5. The third kappa shape index (κ3) is 8.47. The predicted octanol–water partition coefficient (Wildman–Crippen LogP) is 2.29. The van der Waals surface area contributed by atoms with Crippen LogP contribution in [0.2, 0.25) is 0 Å². The molecule has 0 unspecified atom stereocenters. The number of nitrogens with one attached hydrogen (secondary N) is 3. The Morgan fingerprint density at radius 3 is 2.33 bits per heavy atom. The number of carbonyl (C=O) groups excluding carboxylic acids is 2. The van der Waals surface area contributed by atoms with E-state index in [1.807, 2.05) is 0 Å². The van der Waals surface area contributed by atoms with Gasteiger partial charge in [0.2, 0.25) is 5.91 Å². The second-order valence-electron chi connectivity index (χ2n) is 7.00. The van der Waals surface area contributed by atoms with Gasteiger partial charge in [-0.2, -0.15) is 0 Å². The number of rotatable bonds is 9. The summed E-state index contributed by atoms with van der Waals surface area (Å²) in [5.74, 6) is 0.641. The lowest BCUT2D eigenvalue weighted by Crippen LogP contribution is -2.33. The van der Waals surface area contributed by atoms with Gasteiger partial charge in [-0.05, 0) is 75.5 Å². The van der Waals surface area contributed by atoms with Crippen molar-refractivity contribution in [3.63, 3.8) is 0 Å². The van der Waals surface area contributed by atoms with Crippen LogP contribution in [0.25, 0.3) is 0 Å². The summed E-state index contributed by atoms with van der Waals surface area (Å²) in [7, 11) is 0. The largest absolute Gasteiger partial charge is 0.351 e.